The summed E-state index contributed by atoms with van der Waals surface area (Å²) in [4.78, 5) is 0. The molecule has 1 atom stereocenters. The van der Waals surface area contributed by atoms with Gasteiger partial charge < -0.3 is 4.57 Å². The van der Waals surface area contributed by atoms with Gasteiger partial charge in [0.25, 0.3) is 0 Å². The van der Waals surface area contributed by atoms with Crippen LogP contribution in [-0.4, -0.2) is 12.3 Å². The van der Waals surface area contributed by atoms with Crippen LogP contribution >= 0.6 is 7.14 Å². The summed E-state index contributed by atoms with van der Waals surface area (Å²) in [6.07, 6.45) is 5.88. The van der Waals surface area contributed by atoms with Gasteiger partial charge in [-0.15, -0.1) is 0 Å². The van der Waals surface area contributed by atoms with Gasteiger partial charge in [0.2, 0.25) is 0 Å². The van der Waals surface area contributed by atoms with Gasteiger partial charge in [-0.1, -0.05) is 89.6 Å². The van der Waals surface area contributed by atoms with Crippen molar-refractivity contribution in [1.29, 1.82) is 0 Å². The normalized spacial score (nSPS) is 23.5. The number of rotatable bonds is 1. The van der Waals surface area contributed by atoms with Crippen LogP contribution in [0.25, 0.3) is 0 Å². The predicted molar refractivity (Wildman–Crippen MR) is 98.5 cm³/mol. The summed E-state index contributed by atoms with van der Waals surface area (Å²) < 4.78 is 13.7. The molecule has 0 saturated carbocycles. The van der Waals surface area contributed by atoms with E-state index in [9.17, 15) is 4.57 Å². The molecule has 0 aliphatic carbocycles. The van der Waals surface area contributed by atoms with Gasteiger partial charge in [0.05, 0.1) is 0 Å². The van der Waals surface area contributed by atoms with Crippen LogP contribution in [0.2, 0.25) is 0 Å². The standard InChI is InChI=1S/C20H29OP/c1-19(2,3)16-12-13-22(21,18-10-8-7-9-11-18)15-17(14-16)20(4,5)6/h7-12,14H,13,15H2,1-6H3. The van der Waals surface area contributed by atoms with Crippen LogP contribution in [-0.2, 0) is 4.57 Å². The molecule has 1 heterocycles. The number of hydrogen-bond acceptors (Lipinski definition) is 1. The van der Waals surface area contributed by atoms with Crippen LogP contribution in [0, 0.1) is 10.8 Å². The van der Waals surface area contributed by atoms with Crippen molar-refractivity contribution in [3.63, 3.8) is 0 Å². The van der Waals surface area contributed by atoms with Gasteiger partial charge in [0.1, 0.15) is 7.14 Å². The average Bonchev–Trinajstić information content (AvgIpc) is 2.59. The van der Waals surface area contributed by atoms with Crippen molar-refractivity contribution >= 4 is 12.4 Å². The fourth-order valence-corrected chi connectivity index (χ4v) is 5.60. The monoisotopic (exact) mass is 316 g/mol. The first-order chi connectivity index (χ1) is 10.0. The summed E-state index contributed by atoms with van der Waals surface area (Å²) in [6.45, 7) is 13.4. The average molecular weight is 316 g/mol. The molecule has 0 N–H and O–H groups in total. The fourth-order valence-electron chi connectivity index (χ4n) is 2.75. The molecule has 22 heavy (non-hydrogen) atoms. The molecule has 1 unspecified atom stereocenters. The Bertz CT molecular complexity index is 637. The van der Waals surface area contributed by atoms with Gasteiger partial charge in [-0.3, -0.25) is 0 Å². The van der Waals surface area contributed by atoms with Gasteiger partial charge in [0, 0.05) is 17.6 Å². The van der Waals surface area contributed by atoms with E-state index in [-0.39, 0.29) is 10.8 Å². The van der Waals surface area contributed by atoms with Crippen LogP contribution in [0.3, 0.4) is 0 Å². The van der Waals surface area contributed by atoms with Crippen molar-refractivity contribution in [1.82, 2.24) is 0 Å². The molecule has 0 spiro atoms. The van der Waals surface area contributed by atoms with Gasteiger partial charge in [-0.05, 0) is 16.4 Å². The van der Waals surface area contributed by atoms with E-state index in [0.29, 0.717) is 12.3 Å². The van der Waals surface area contributed by atoms with E-state index in [1.165, 1.54) is 11.1 Å². The third kappa shape index (κ3) is 3.82. The first kappa shape index (κ1) is 17.3. The minimum Gasteiger partial charge on any atom is -0.318 e. The van der Waals surface area contributed by atoms with E-state index in [1.807, 2.05) is 30.3 Å². The largest absolute Gasteiger partial charge is 0.318 e. The second kappa shape index (κ2) is 5.85. The SMILES string of the molecule is CC(C)(C)C1=CCP(=O)(c2ccccc2)CC(C(C)(C)C)=C1. The lowest BCUT2D eigenvalue weighted by Gasteiger charge is -2.27. The molecule has 1 nitrogen and oxygen atoms in total. The molecule has 0 amide bonds. The maximum atomic E-state index is 13.7. The summed E-state index contributed by atoms with van der Waals surface area (Å²) in [5, 5.41) is 1.01. The third-order valence-corrected chi connectivity index (χ3v) is 7.28. The smallest absolute Gasteiger partial charge is 0.123 e. The van der Waals surface area contributed by atoms with E-state index in [4.69, 9.17) is 0 Å². The maximum absolute atomic E-state index is 13.7. The molecule has 1 aliphatic heterocycles. The van der Waals surface area contributed by atoms with Crippen molar-refractivity contribution in [2.45, 2.75) is 41.5 Å². The molecule has 0 radical (unpaired) electrons. The highest BCUT2D eigenvalue weighted by molar-refractivity contribution is 7.72. The molecule has 0 aromatic heterocycles. The molecule has 1 aromatic rings. The minimum atomic E-state index is -2.41. The van der Waals surface area contributed by atoms with Crippen LogP contribution in [0.15, 0.2) is 53.6 Å². The van der Waals surface area contributed by atoms with Gasteiger partial charge in [0.15, 0.2) is 0 Å². The van der Waals surface area contributed by atoms with E-state index >= 15 is 0 Å². The Morgan fingerprint density at radius 1 is 0.909 bits per heavy atom. The summed E-state index contributed by atoms with van der Waals surface area (Å²) in [6, 6.07) is 10.0. The Morgan fingerprint density at radius 2 is 1.50 bits per heavy atom. The predicted octanol–water partition coefficient (Wildman–Crippen LogP) is 5.63. The minimum absolute atomic E-state index is 0.0408. The van der Waals surface area contributed by atoms with E-state index in [0.717, 1.165) is 5.30 Å². The van der Waals surface area contributed by atoms with E-state index < -0.39 is 7.14 Å². The quantitative estimate of drug-likeness (QED) is 0.613. The lowest BCUT2D eigenvalue weighted by atomic mass is 9.80. The summed E-state index contributed by atoms with van der Waals surface area (Å²) in [7, 11) is -2.41. The highest BCUT2D eigenvalue weighted by Crippen LogP contribution is 2.52. The van der Waals surface area contributed by atoms with Crippen LogP contribution in [0.4, 0.5) is 0 Å². The molecule has 1 aliphatic rings. The lowest BCUT2D eigenvalue weighted by molar-refractivity contribution is 0.489. The zero-order chi connectivity index (χ0) is 16.6. The van der Waals surface area contributed by atoms with Crippen molar-refractivity contribution in [3.8, 4) is 0 Å². The highest BCUT2D eigenvalue weighted by atomic mass is 31.2. The molecule has 1 aromatic carbocycles. The first-order valence-electron chi connectivity index (χ1n) is 8.08. The molecule has 120 valence electrons. The zero-order valence-electron chi connectivity index (χ0n) is 14.8. The number of hydrogen-bond donors (Lipinski definition) is 0. The van der Waals surface area contributed by atoms with Crippen LogP contribution in [0.5, 0.6) is 0 Å². The first-order valence-corrected chi connectivity index (χ1v) is 10.2. The van der Waals surface area contributed by atoms with Crippen LogP contribution in [0.1, 0.15) is 41.5 Å². The van der Waals surface area contributed by atoms with E-state index in [2.05, 4.69) is 53.7 Å². The van der Waals surface area contributed by atoms with E-state index in [1.54, 1.807) is 0 Å². The van der Waals surface area contributed by atoms with Crippen molar-refractivity contribution < 1.29 is 4.57 Å². The maximum Gasteiger partial charge on any atom is 0.123 e. The Balaban J connectivity index is 2.54. The summed E-state index contributed by atoms with van der Waals surface area (Å²) in [5.74, 6) is 0. The lowest BCUT2D eigenvalue weighted by Crippen LogP contribution is -2.18. The highest BCUT2D eigenvalue weighted by Gasteiger charge is 2.33. The number of allylic oxidation sites excluding steroid dienone is 4. The second-order valence-electron chi connectivity index (χ2n) is 8.39. The fraction of sp³-hybridized carbons (Fsp3) is 0.500. The Morgan fingerprint density at radius 3 is 2.00 bits per heavy atom. The van der Waals surface area contributed by atoms with Gasteiger partial charge >= 0.3 is 0 Å². The van der Waals surface area contributed by atoms with Gasteiger partial charge in [-0.2, -0.15) is 0 Å². The molecule has 0 saturated heterocycles. The molecule has 0 bridgehead atoms. The topological polar surface area (TPSA) is 17.1 Å². The second-order valence-corrected chi connectivity index (χ2v) is 11.4. The zero-order valence-corrected chi connectivity index (χ0v) is 15.7. The Labute approximate surface area is 135 Å². The van der Waals surface area contributed by atoms with Crippen molar-refractivity contribution in [2.75, 3.05) is 12.3 Å². The molecule has 2 rings (SSSR count). The van der Waals surface area contributed by atoms with Gasteiger partial charge in [-0.25, -0.2) is 0 Å². The Hall–Kier alpha value is -1.07. The Kier molecular flexibility index (Phi) is 4.60. The third-order valence-electron chi connectivity index (χ3n) is 4.42. The van der Waals surface area contributed by atoms with Crippen molar-refractivity contribution in [2.24, 2.45) is 10.8 Å². The summed E-state index contributed by atoms with van der Waals surface area (Å²) >= 11 is 0. The molecular weight excluding hydrogens is 287 g/mol. The number of benzene rings is 1. The molecular formula is C20H29OP. The summed E-state index contributed by atoms with van der Waals surface area (Å²) in [5.41, 5.74) is 2.74. The molecule has 0 fully saturated rings. The molecule has 2 heteroatoms. The van der Waals surface area contributed by atoms with Crippen LogP contribution < -0.4 is 5.30 Å². The van der Waals surface area contributed by atoms with Crippen molar-refractivity contribution in [3.05, 3.63) is 53.6 Å².